The minimum atomic E-state index is 0.724. The molecule has 1 N–H and O–H groups in total. The first-order chi connectivity index (χ1) is 7.52. The van der Waals surface area contributed by atoms with Crippen molar-refractivity contribution in [1.29, 1.82) is 0 Å². The maximum Gasteiger partial charge on any atom is 0.0204 e. The maximum atomic E-state index is 3.41. The molecule has 1 aliphatic heterocycles. The molecule has 96 valence electrons. The van der Waals surface area contributed by atoms with Gasteiger partial charge in [0.05, 0.1) is 0 Å². The van der Waals surface area contributed by atoms with E-state index in [9.17, 15) is 0 Å². The molecule has 0 radical (unpaired) electrons. The van der Waals surface area contributed by atoms with Crippen molar-refractivity contribution in [3.05, 3.63) is 0 Å². The predicted octanol–water partition coefficient (Wildman–Crippen LogP) is 2.74. The van der Waals surface area contributed by atoms with Crippen molar-refractivity contribution in [2.45, 2.75) is 59.0 Å². The SMILES string of the molecule is CNC1CCN(C(CC(C)C)CC(C)C)C1. The second-order valence-corrected chi connectivity index (χ2v) is 6.18. The number of likely N-dealkylation sites (tertiary alicyclic amines) is 1. The molecule has 1 unspecified atom stereocenters. The lowest BCUT2D eigenvalue weighted by Gasteiger charge is -2.30. The number of hydrogen-bond donors (Lipinski definition) is 1. The first kappa shape index (κ1) is 14.0. The summed E-state index contributed by atoms with van der Waals surface area (Å²) in [6.45, 7) is 11.9. The minimum Gasteiger partial charge on any atom is -0.316 e. The molecular formula is C14H30N2. The van der Waals surface area contributed by atoms with Crippen LogP contribution in [0.15, 0.2) is 0 Å². The molecule has 2 nitrogen and oxygen atoms in total. The van der Waals surface area contributed by atoms with Crippen LogP contribution < -0.4 is 5.32 Å². The number of nitrogens with one attached hydrogen (secondary N) is 1. The summed E-state index contributed by atoms with van der Waals surface area (Å²) in [6.07, 6.45) is 4.03. The van der Waals surface area contributed by atoms with Crippen LogP contribution in [0, 0.1) is 11.8 Å². The third kappa shape index (κ3) is 4.42. The van der Waals surface area contributed by atoms with Gasteiger partial charge in [0.15, 0.2) is 0 Å². The number of likely N-dealkylation sites (N-methyl/N-ethyl adjacent to an activating group) is 1. The van der Waals surface area contributed by atoms with E-state index in [0.29, 0.717) is 0 Å². The van der Waals surface area contributed by atoms with Gasteiger partial charge in [-0.3, -0.25) is 4.90 Å². The lowest BCUT2D eigenvalue weighted by Crippen LogP contribution is -2.38. The van der Waals surface area contributed by atoms with Crippen LogP contribution in [0.1, 0.15) is 47.0 Å². The van der Waals surface area contributed by atoms with E-state index in [4.69, 9.17) is 0 Å². The highest BCUT2D eigenvalue weighted by Crippen LogP contribution is 2.23. The Kier molecular flexibility index (Phi) is 5.77. The molecule has 2 heteroatoms. The van der Waals surface area contributed by atoms with Gasteiger partial charge in [0.1, 0.15) is 0 Å². The first-order valence-corrected chi connectivity index (χ1v) is 6.94. The summed E-state index contributed by atoms with van der Waals surface area (Å²) in [5.74, 6) is 1.63. The largest absolute Gasteiger partial charge is 0.316 e. The molecule has 0 saturated carbocycles. The van der Waals surface area contributed by atoms with Crippen molar-refractivity contribution in [3.63, 3.8) is 0 Å². The van der Waals surface area contributed by atoms with Crippen LogP contribution in [0.25, 0.3) is 0 Å². The Bertz CT molecular complexity index is 179. The van der Waals surface area contributed by atoms with Gasteiger partial charge in [0.2, 0.25) is 0 Å². The van der Waals surface area contributed by atoms with E-state index in [1.54, 1.807) is 0 Å². The van der Waals surface area contributed by atoms with Crippen LogP contribution in [0.2, 0.25) is 0 Å². The van der Waals surface area contributed by atoms with E-state index >= 15 is 0 Å². The molecule has 0 spiro atoms. The van der Waals surface area contributed by atoms with Crippen molar-refractivity contribution in [1.82, 2.24) is 10.2 Å². The normalized spacial score (nSPS) is 22.9. The fourth-order valence-corrected chi connectivity index (χ4v) is 2.84. The Hall–Kier alpha value is -0.0800. The molecule has 0 aromatic rings. The standard InChI is InChI=1S/C14H30N2/c1-11(2)8-14(9-12(3)4)16-7-6-13(10-16)15-5/h11-15H,6-10H2,1-5H3. The molecule has 1 heterocycles. The number of rotatable bonds is 6. The Morgan fingerprint density at radius 1 is 1.12 bits per heavy atom. The molecule has 16 heavy (non-hydrogen) atoms. The van der Waals surface area contributed by atoms with Crippen LogP contribution in [-0.4, -0.2) is 37.1 Å². The smallest absolute Gasteiger partial charge is 0.0204 e. The first-order valence-electron chi connectivity index (χ1n) is 6.94. The van der Waals surface area contributed by atoms with Crippen molar-refractivity contribution in [2.75, 3.05) is 20.1 Å². The van der Waals surface area contributed by atoms with E-state index in [1.165, 1.54) is 32.4 Å². The van der Waals surface area contributed by atoms with E-state index < -0.39 is 0 Å². The van der Waals surface area contributed by atoms with Gasteiger partial charge in [-0.05, 0) is 38.1 Å². The summed E-state index contributed by atoms with van der Waals surface area (Å²) in [6, 6.07) is 1.53. The molecule has 0 amide bonds. The average Bonchev–Trinajstić information content (AvgIpc) is 2.63. The van der Waals surface area contributed by atoms with E-state index in [1.807, 2.05) is 0 Å². The van der Waals surface area contributed by atoms with Crippen molar-refractivity contribution < 1.29 is 0 Å². The van der Waals surface area contributed by atoms with E-state index in [-0.39, 0.29) is 0 Å². The number of nitrogens with zero attached hydrogens (tertiary/aromatic N) is 1. The lowest BCUT2D eigenvalue weighted by atomic mass is 9.94. The van der Waals surface area contributed by atoms with Crippen molar-refractivity contribution in [3.8, 4) is 0 Å². The van der Waals surface area contributed by atoms with Crippen LogP contribution >= 0.6 is 0 Å². The van der Waals surface area contributed by atoms with Gasteiger partial charge < -0.3 is 5.32 Å². The summed E-state index contributed by atoms with van der Waals surface area (Å²) in [4.78, 5) is 2.71. The lowest BCUT2D eigenvalue weighted by molar-refractivity contribution is 0.182. The second-order valence-electron chi connectivity index (χ2n) is 6.18. The Labute approximate surface area is 102 Å². The van der Waals surface area contributed by atoms with Crippen LogP contribution in [0.5, 0.6) is 0 Å². The summed E-state index contributed by atoms with van der Waals surface area (Å²) < 4.78 is 0. The molecular weight excluding hydrogens is 196 g/mol. The maximum absolute atomic E-state index is 3.41. The predicted molar refractivity (Wildman–Crippen MR) is 71.7 cm³/mol. The molecule has 1 fully saturated rings. The van der Waals surface area contributed by atoms with Gasteiger partial charge in [-0.1, -0.05) is 27.7 Å². The summed E-state index contributed by atoms with van der Waals surface area (Å²) >= 11 is 0. The van der Waals surface area contributed by atoms with Gasteiger partial charge >= 0.3 is 0 Å². The highest BCUT2D eigenvalue weighted by Gasteiger charge is 2.27. The van der Waals surface area contributed by atoms with Gasteiger partial charge in [0, 0.05) is 25.2 Å². The molecule has 0 aliphatic carbocycles. The van der Waals surface area contributed by atoms with Gasteiger partial charge in [0.25, 0.3) is 0 Å². The average molecular weight is 226 g/mol. The minimum absolute atomic E-state index is 0.724. The highest BCUT2D eigenvalue weighted by atomic mass is 15.2. The zero-order valence-corrected chi connectivity index (χ0v) is 11.8. The fraction of sp³-hybridized carbons (Fsp3) is 1.00. The third-order valence-corrected chi connectivity index (χ3v) is 3.63. The van der Waals surface area contributed by atoms with Crippen molar-refractivity contribution in [2.24, 2.45) is 11.8 Å². The van der Waals surface area contributed by atoms with E-state index in [2.05, 4.69) is 45.0 Å². The second kappa shape index (κ2) is 6.61. The zero-order chi connectivity index (χ0) is 12.1. The summed E-state index contributed by atoms with van der Waals surface area (Å²) in [5.41, 5.74) is 0. The van der Waals surface area contributed by atoms with Gasteiger partial charge in [-0.15, -0.1) is 0 Å². The molecule has 0 aromatic carbocycles. The van der Waals surface area contributed by atoms with Crippen LogP contribution in [-0.2, 0) is 0 Å². The highest BCUT2D eigenvalue weighted by molar-refractivity contribution is 4.85. The Morgan fingerprint density at radius 3 is 2.06 bits per heavy atom. The molecule has 0 aromatic heterocycles. The third-order valence-electron chi connectivity index (χ3n) is 3.63. The monoisotopic (exact) mass is 226 g/mol. The molecule has 1 aliphatic rings. The van der Waals surface area contributed by atoms with Crippen LogP contribution in [0.3, 0.4) is 0 Å². The number of hydrogen-bond acceptors (Lipinski definition) is 2. The zero-order valence-electron chi connectivity index (χ0n) is 11.8. The Balaban J connectivity index is 2.48. The molecule has 1 atom stereocenters. The van der Waals surface area contributed by atoms with Gasteiger partial charge in [-0.25, -0.2) is 0 Å². The molecule has 0 bridgehead atoms. The molecule has 1 saturated heterocycles. The summed E-state index contributed by atoms with van der Waals surface area (Å²) in [5, 5.41) is 3.41. The van der Waals surface area contributed by atoms with E-state index in [0.717, 1.165) is 23.9 Å². The summed E-state index contributed by atoms with van der Waals surface area (Å²) in [7, 11) is 2.09. The van der Waals surface area contributed by atoms with Gasteiger partial charge in [-0.2, -0.15) is 0 Å². The molecule has 1 rings (SSSR count). The fourth-order valence-electron chi connectivity index (χ4n) is 2.84. The topological polar surface area (TPSA) is 15.3 Å². The van der Waals surface area contributed by atoms with Crippen LogP contribution in [0.4, 0.5) is 0 Å². The quantitative estimate of drug-likeness (QED) is 0.749. The Morgan fingerprint density at radius 2 is 1.69 bits per heavy atom. The van der Waals surface area contributed by atoms with Crippen molar-refractivity contribution >= 4 is 0 Å².